The average molecular weight is 260 g/mol. The Morgan fingerprint density at radius 2 is 2.14 bits per heavy atom. The molecule has 0 aliphatic carbocycles. The third-order valence-corrected chi connectivity index (χ3v) is 2.51. The summed E-state index contributed by atoms with van der Waals surface area (Å²) in [5, 5.41) is 8.36. The summed E-state index contributed by atoms with van der Waals surface area (Å²) in [5.74, 6) is 0. The topological polar surface area (TPSA) is 23.8 Å². The van der Waals surface area contributed by atoms with Gasteiger partial charge < -0.3 is 0 Å². The third kappa shape index (κ3) is 2.78. The molecular weight excluding hydrogens is 252 g/mol. The molecule has 4 heteroatoms. The quantitative estimate of drug-likeness (QED) is 0.809. The lowest BCUT2D eigenvalue weighted by molar-refractivity contribution is 0.150. The first-order valence-electron chi connectivity index (χ1n) is 4.08. The molecule has 0 aliphatic heterocycles. The number of aryl methyl sites for hydroxylation is 1. The van der Waals surface area contributed by atoms with Crippen LogP contribution in [0.15, 0.2) is 22.7 Å². The van der Waals surface area contributed by atoms with Crippen molar-refractivity contribution in [3.05, 3.63) is 33.8 Å². The minimum atomic E-state index is -2.46. The number of nitriles is 1. The lowest BCUT2D eigenvalue weighted by Gasteiger charge is -2.05. The summed E-state index contributed by atoms with van der Waals surface area (Å²) in [7, 11) is 0. The average Bonchev–Trinajstić information content (AvgIpc) is 2.14. The van der Waals surface area contributed by atoms with Crippen molar-refractivity contribution in [1.29, 1.82) is 5.26 Å². The van der Waals surface area contributed by atoms with Crippen molar-refractivity contribution in [2.75, 3.05) is 0 Å². The highest BCUT2D eigenvalue weighted by atomic mass is 79.9. The van der Waals surface area contributed by atoms with Gasteiger partial charge in [0.2, 0.25) is 0 Å². The molecule has 0 saturated carbocycles. The van der Waals surface area contributed by atoms with E-state index < -0.39 is 6.43 Å². The fourth-order valence-electron chi connectivity index (χ4n) is 1.10. The minimum Gasteiger partial charge on any atom is -0.205 e. The number of nitrogens with zero attached hydrogens (tertiary/aromatic N) is 1. The molecule has 0 radical (unpaired) electrons. The van der Waals surface area contributed by atoms with E-state index in [0.29, 0.717) is 17.3 Å². The van der Waals surface area contributed by atoms with Crippen molar-refractivity contribution in [3.63, 3.8) is 0 Å². The normalized spacial score (nSPS) is 10.2. The second-order valence-electron chi connectivity index (χ2n) is 2.81. The summed E-state index contributed by atoms with van der Waals surface area (Å²) in [6.45, 7) is 0. The van der Waals surface area contributed by atoms with Crippen molar-refractivity contribution < 1.29 is 8.78 Å². The monoisotopic (exact) mass is 259 g/mol. The zero-order valence-electron chi connectivity index (χ0n) is 7.30. The van der Waals surface area contributed by atoms with E-state index in [0.717, 1.165) is 5.56 Å². The molecule has 14 heavy (non-hydrogen) atoms. The standard InChI is InChI=1S/C10H8BrF2N/c11-9-6-7(2-1-5-14)3-4-8(9)10(12)13/h3-4,6,10H,1-2H2. The second-order valence-corrected chi connectivity index (χ2v) is 3.67. The summed E-state index contributed by atoms with van der Waals surface area (Å²) in [6.07, 6.45) is -1.46. The van der Waals surface area contributed by atoms with Gasteiger partial charge in [-0.1, -0.05) is 28.1 Å². The number of halogens is 3. The molecular formula is C10H8BrF2N. The Morgan fingerprint density at radius 1 is 1.43 bits per heavy atom. The van der Waals surface area contributed by atoms with Gasteiger partial charge in [0.15, 0.2) is 0 Å². The molecule has 0 fully saturated rings. The van der Waals surface area contributed by atoms with Crippen LogP contribution in [0.25, 0.3) is 0 Å². The molecule has 1 aromatic rings. The third-order valence-electron chi connectivity index (χ3n) is 1.83. The summed E-state index contributed by atoms with van der Waals surface area (Å²) >= 11 is 3.08. The Kier molecular flexibility index (Phi) is 4.02. The molecule has 0 heterocycles. The summed E-state index contributed by atoms with van der Waals surface area (Å²) in [6, 6.07) is 6.67. The largest absolute Gasteiger partial charge is 0.264 e. The molecule has 0 amide bonds. The maximum Gasteiger partial charge on any atom is 0.264 e. The molecule has 74 valence electrons. The fourth-order valence-corrected chi connectivity index (χ4v) is 1.70. The van der Waals surface area contributed by atoms with Gasteiger partial charge in [0, 0.05) is 16.5 Å². The van der Waals surface area contributed by atoms with Crippen LogP contribution in [-0.2, 0) is 6.42 Å². The van der Waals surface area contributed by atoms with Gasteiger partial charge in [0.05, 0.1) is 6.07 Å². The van der Waals surface area contributed by atoms with Crippen molar-refractivity contribution in [1.82, 2.24) is 0 Å². The molecule has 0 atom stereocenters. The Balaban J connectivity index is 2.85. The lowest BCUT2D eigenvalue weighted by atomic mass is 10.1. The van der Waals surface area contributed by atoms with E-state index in [1.165, 1.54) is 6.07 Å². The molecule has 0 unspecified atom stereocenters. The highest BCUT2D eigenvalue weighted by molar-refractivity contribution is 9.10. The van der Waals surface area contributed by atoms with Gasteiger partial charge in [-0.25, -0.2) is 8.78 Å². The first-order valence-corrected chi connectivity index (χ1v) is 4.88. The van der Waals surface area contributed by atoms with Gasteiger partial charge in [-0.15, -0.1) is 0 Å². The number of hydrogen-bond acceptors (Lipinski definition) is 1. The maximum absolute atomic E-state index is 12.3. The van der Waals surface area contributed by atoms with Crippen molar-refractivity contribution in [2.24, 2.45) is 0 Å². The van der Waals surface area contributed by atoms with Gasteiger partial charge in [0.25, 0.3) is 6.43 Å². The van der Waals surface area contributed by atoms with Crippen LogP contribution in [0, 0.1) is 11.3 Å². The van der Waals surface area contributed by atoms with E-state index >= 15 is 0 Å². The molecule has 0 spiro atoms. The van der Waals surface area contributed by atoms with Gasteiger partial charge in [-0.2, -0.15) is 5.26 Å². The number of rotatable bonds is 3. The number of hydrogen-bond donors (Lipinski definition) is 0. The van der Waals surface area contributed by atoms with E-state index in [1.54, 1.807) is 12.1 Å². The SMILES string of the molecule is N#CCCc1ccc(C(F)F)c(Br)c1. The Labute approximate surface area is 89.5 Å². The summed E-state index contributed by atoms with van der Waals surface area (Å²) < 4.78 is 25.1. The second kappa shape index (κ2) is 5.06. The Hall–Kier alpha value is -0.950. The van der Waals surface area contributed by atoms with Crippen molar-refractivity contribution in [2.45, 2.75) is 19.3 Å². The van der Waals surface area contributed by atoms with Crippen LogP contribution >= 0.6 is 15.9 Å². The molecule has 0 aliphatic rings. The van der Waals surface area contributed by atoms with Crippen molar-refractivity contribution >= 4 is 15.9 Å². The zero-order chi connectivity index (χ0) is 10.6. The minimum absolute atomic E-state index is 0.00860. The first-order chi connectivity index (χ1) is 6.65. The van der Waals surface area contributed by atoms with Gasteiger partial charge in [-0.3, -0.25) is 0 Å². The molecule has 1 aromatic carbocycles. The molecule has 0 N–H and O–H groups in total. The first kappa shape index (κ1) is 11.1. The van der Waals surface area contributed by atoms with Crippen LogP contribution in [0.4, 0.5) is 8.78 Å². The number of alkyl halides is 2. The Morgan fingerprint density at radius 3 is 2.64 bits per heavy atom. The lowest BCUT2D eigenvalue weighted by Crippen LogP contribution is -1.89. The van der Waals surface area contributed by atoms with Crippen LogP contribution in [0.1, 0.15) is 24.0 Å². The van der Waals surface area contributed by atoms with Crippen LogP contribution < -0.4 is 0 Å². The molecule has 0 aromatic heterocycles. The molecule has 1 rings (SSSR count). The predicted octanol–water partition coefficient (Wildman–Crippen LogP) is 3.84. The highest BCUT2D eigenvalue weighted by Gasteiger charge is 2.11. The van der Waals surface area contributed by atoms with Crippen LogP contribution in [0.5, 0.6) is 0 Å². The maximum atomic E-state index is 12.3. The van der Waals surface area contributed by atoms with Crippen LogP contribution in [0.3, 0.4) is 0 Å². The van der Waals surface area contributed by atoms with E-state index in [4.69, 9.17) is 5.26 Å². The fraction of sp³-hybridized carbons (Fsp3) is 0.300. The zero-order valence-corrected chi connectivity index (χ0v) is 8.89. The smallest absolute Gasteiger partial charge is 0.205 e. The van der Waals surface area contributed by atoms with Crippen LogP contribution in [-0.4, -0.2) is 0 Å². The van der Waals surface area contributed by atoms with Crippen molar-refractivity contribution in [3.8, 4) is 6.07 Å². The van der Waals surface area contributed by atoms with Crippen LogP contribution in [0.2, 0.25) is 0 Å². The van der Waals surface area contributed by atoms with E-state index in [2.05, 4.69) is 15.9 Å². The Bertz CT molecular complexity index is 358. The molecule has 0 saturated heterocycles. The van der Waals surface area contributed by atoms with E-state index in [9.17, 15) is 8.78 Å². The number of benzene rings is 1. The predicted molar refractivity (Wildman–Crippen MR) is 53.0 cm³/mol. The summed E-state index contributed by atoms with van der Waals surface area (Å²) in [4.78, 5) is 0. The van der Waals surface area contributed by atoms with Gasteiger partial charge in [0.1, 0.15) is 0 Å². The van der Waals surface area contributed by atoms with Gasteiger partial charge in [-0.05, 0) is 18.1 Å². The molecule has 0 bridgehead atoms. The molecule has 1 nitrogen and oxygen atoms in total. The van der Waals surface area contributed by atoms with Gasteiger partial charge >= 0.3 is 0 Å². The van der Waals surface area contributed by atoms with E-state index in [1.807, 2.05) is 6.07 Å². The van der Waals surface area contributed by atoms with E-state index in [-0.39, 0.29) is 5.56 Å². The summed E-state index contributed by atoms with van der Waals surface area (Å²) in [5.41, 5.74) is 0.883. The highest BCUT2D eigenvalue weighted by Crippen LogP contribution is 2.28.